The lowest BCUT2D eigenvalue weighted by Gasteiger charge is -2.18. The summed E-state index contributed by atoms with van der Waals surface area (Å²) in [5.74, 6) is 0.832. The molecule has 1 rings (SSSR count). The second kappa shape index (κ2) is 7.87. The number of nitrogens with zero attached hydrogens (tertiary/aromatic N) is 1. The van der Waals surface area contributed by atoms with Crippen LogP contribution in [0.2, 0.25) is 0 Å². The summed E-state index contributed by atoms with van der Waals surface area (Å²) < 4.78 is 5.31. The molecule has 3 N–H and O–H groups in total. The topological polar surface area (TPSA) is 67.6 Å². The van der Waals surface area contributed by atoms with Gasteiger partial charge in [-0.2, -0.15) is 0 Å². The lowest BCUT2D eigenvalue weighted by molar-refractivity contribution is -0.122. The predicted molar refractivity (Wildman–Crippen MR) is 80.5 cm³/mol. The Morgan fingerprint density at radius 1 is 1.45 bits per heavy atom. The molecule has 0 bridgehead atoms. The third-order valence-corrected chi connectivity index (χ3v) is 2.89. The van der Waals surface area contributed by atoms with Crippen LogP contribution >= 0.6 is 0 Å². The number of carbonyl (C=O) groups excluding carboxylic acids is 1. The Kier molecular flexibility index (Phi) is 6.48. The summed E-state index contributed by atoms with van der Waals surface area (Å²) in [7, 11) is 3.56. The van der Waals surface area contributed by atoms with E-state index < -0.39 is 0 Å². The van der Waals surface area contributed by atoms with E-state index in [0.717, 1.165) is 16.9 Å². The number of likely N-dealkylation sites (N-methyl/N-ethyl adjacent to an activating group) is 1. The van der Waals surface area contributed by atoms with Gasteiger partial charge in [0, 0.05) is 24.7 Å². The minimum absolute atomic E-state index is 0.0352. The van der Waals surface area contributed by atoms with Crippen LogP contribution in [0.4, 0.5) is 0 Å². The van der Waals surface area contributed by atoms with E-state index in [2.05, 4.69) is 5.32 Å². The van der Waals surface area contributed by atoms with E-state index >= 15 is 0 Å². The van der Waals surface area contributed by atoms with Crippen molar-refractivity contribution in [2.45, 2.75) is 33.0 Å². The molecule has 0 saturated heterocycles. The van der Waals surface area contributed by atoms with E-state index in [4.69, 9.17) is 10.5 Å². The average Bonchev–Trinajstić information content (AvgIpc) is 2.37. The predicted octanol–water partition coefficient (Wildman–Crippen LogP) is 1.11. The van der Waals surface area contributed by atoms with Gasteiger partial charge in [0.25, 0.3) is 0 Å². The number of nitrogens with two attached hydrogens (primary N) is 1. The number of ether oxygens (including phenoxy) is 1. The van der Waals surface area contributed by atoms with E-state index in [9.17, 15) is 4.79 Å². The first-order valence-corrected chi connectivity index (χ1v) is 6.80. The summed E-state index contributed by atoms with van der Waals surface area (Å²) in [6.45, 7) is 5.42. The fourth-order valence-electron chi connectivity index (χ4n) is 2.04. The maximum atomic E-state index is 11.7. The summed E-state index contributed by atoms with van der Waals surface area (Å²) in [4.78, 5) is 13.7. The molecule has 5 heteroatoms. The first-order valence-electron chi connectivity index (χ1n) is 6.80. The van der Waals surface area contributed by atoms with Crippen molar-refractivity contribution < 1.29 is 9.53 Å². The van der Waals surface area contributed by atoms with Crippen LogP contribution in [-0.2, 0) is 17.9 Å². The van der Waals surface area contributed by atoms with Crippen LogP contribution in [0.1, 0.15) is 25.0 Å². The van der Waals surface area contributed by atoms with Crippen LogP contribution in [-0.4, -0.2) is 37.6 Å². The minimum Gasteiger partial charge on any atom is -0.496 e. The Hall–Kier alpha value is -1.59. The van der Waals surface area contributed by atoms with E-state index in [-0.39, 0.29) is 11.9 Å². The van der Waals surface area contributed by atoms with E-state index in [1.165, 1.54) is 0 Å². The van der Waals surface area contributed by atoms with E-state index in [1.54, 1.807) is 7.11 Å². The quantitative estimate of drug-likeness (QED) is 0.784. The molecular formula is C15H25N3O2. The normalized spacial score (nSPS) is 10.9. The van der Waals surface area contributed by atoms with Gasteiger partial charge in [0.1, 0.15) is 5.75 Å². The third-order valence-electron chi connectivity index (χ3n) is 2.89. The minimum atomic E-state index is 0.0352. The lowest BCUT2D eigenvalue weighted by atomic mass is 10.1. The van der Waals surface area contributed by atoms with E-state index in [0.29, 0.717) is 19.6 Å². The smallest absolute Gasteiger partial charge is 0.234 e. The van der Waals surface area contributed by atoms with Gasteiger partial charge in [-0.05, 0) is 32.5 Å². The summed E-state index contributed by atoms with van der Waals surface area (Å²) >= 11 is 0. The molecule has 0 fully saturated rings. The molecule has 0 aliphatic carbocycles. The molecule has 5 nitrogen and oxygen atoms in total. The maximum Gasteiger partial charge on any atom is 0.234 e. The number of amides is 1. The Balaban J connectivity index is 2.61. The highest BCUT2D eigenvalue weighted by atomic mass is 16.5. The van der Waals surface area contributed by atoms with Crippen molar-refractivity contribution >= 4 is 5.91 Å². The maximum absolute atomic E-state index is 11.7. The van der Waals surface area contributed by atoms with Gasteiger partial charge in [-0.15, -0.1) is 0 Å². The first-order chi connectivity index (χ1) is 9.46. The molecule has 112 valence electrons. The van der Waals surface area contributed by atoms with Crippen molar-refractivity contribution in [1.29, 1.82) is 0 Å². The summed E-state index contributed by atoms with van der Waals surface area (Å²) in [6.07, 6.45) is 0. The first kappa shape index (κ1) is 16.5. The van der Waals surface area contributed by atoms with Crippen molar-refractivity contribution in [2.24, 2.45) is 5.73 Å². The molecule has 0 aromatic heterocycles. The zero-order valence-corrected chi connectivity index (χ0v) is 12.8. The van der Waals surface area contributed by atoms with Crippen molar-refractivity contribution in [2.75, 3.05) is 20.7 Å². The number of hydrogen-bond donors (Lipinski definition) is 2. The standard InChI is InChI=1S/C15H25N3O2/c1-11(2)17-15(19)10-18(3)9-12-5-6-13(8-16)14(7-12)20-4/h5-7,11H,8-10,16H2,1-4H3,(H,17,19). The highest BCUT2D eigenvalue weighted by Crippen LogP contribution is 2.20. The Bertz CT molecular complexity index is 447. The Labute approximate surface area is 121 Å². The molecule has 0 atom stereocenters. The Morgan fingerprint density at radius 2 is 2.15 bits per heavy atom. The molecular weight excluding hydrogens is 254 g/mol. The number of hydrogen-bond acceptors (Lipinski definition) is 4. The SMILES string of the molecule is COc1cc(CN(C)CC(=O)NC(C)C)ccc1CN. The fraction of sp³-hybridized carbons (Fsp3) is 0.533. The van der Waals surface area contributed by atoms with E-state index in [1.807, 2.05) is 44.0 Å². The second-order valence-corrected chi connectivity index (χ2v) is 5.24. The van der Waals surface area contributed by atoms with Crippen molar-refractivity contribution in [3.63, 3.8) is 0 Å². The number of nitrogens with one attached hydrogen (secondary N) is 1. The zero-order valence-electron chi connectivity index (χ0n) is 12.8. The number of benzene rings is 1. The van der Waals surface area contributed by atoms with Crippen molar-refractivity contribution in [3.8, 4) is 5.75 Å². The molecule has 20 heavy (non-hydrogen) atoms. The molecule has 0 aliphatic rings. The molecule has 0 heterocycles. The fourth-order valence-corrected chi connectivity index (χ4v) is 2.04. The molecule has 0 saturated carbocycles. The third kappa shape index (κ3) is 5.19. The number of rotatable bonds is 7. The van der Waals surface area contributed by atoms with Gasteiger partial charge in [0.2, 0.25) is 5.91 Å². The van der Waals surface area contributed by atoms with Crippen molar-refractivity contribution in [1.82, 2.24) is 10.2 Å². The largest absolute Gasteiger partial charge is 0.496 e. The molecule has 0 aliphatic heterocycles. The van der Waals surface area contributed by atoms with Gasteiger partial charge < -0.3 is 15.8 Å². The van der Waals surface area contributed by atoms with Crippen LogP contribution in [0.3, 0.4) is 0 Å². The van der Waals surface area contributed by atoms with Crippen LogP contribution in [0.15, 0.2) is 18.2 Å². The van der Waals surface area contributed by atoms with Gasteiger partial charge in [-0.3, -0.25) is 9.69 Å². The van der Waals surface area contributed by atoms with Gasteiger partial charge in [-0.25, -0.2) is 0 Å². The van der Waals surface area contributed by atoms with Gasteiger partial charge in [0.05, 0.1) is 13.7 Å². The molecule has 0 radical (unpaired) electrons. The number of carbonyl (C=O) groups is 1. The van der Waals surface area contributed by atoms with Crippen LogP contribution in [0.5, 0.6) is 5.75 Å². The van der Waals surface area contributed by atoms with Crippen LogP contribution < -0.4 is 15.8 Å². The second-order valence-electron chi connectivity index (χ2n) is 5.24. The number of methoxy groups -OCH3 is 1. The van der Waals surface area contributed by atoms with Crippen LogP contribution in [0.25, 0.3) is 0 Å². The highest BCUT2D eigenvalue weighted by Gasteiger charge is 2.09. The highest BCUT2D eigenvalue weighted by molar-refractivity contribution is 5.78. The molecule has 1 aromatic rings. The zero-order chi connectivity index (χ0) is 15.1. The Morgan fingerprint density at radius 3 is 2.70 bits per heavy atom. The molecule has 1 aromatic carbocycles. The average molecular weight is 279 g/mol. The summed E-state index contributed by atoms with van der Waals surface area (Å²) in [5.41, 5.74) is 7.73. The van der Waals surface area contributed by atoms with Crippen molar-refractivity contribution in [3.05, 3.63) is 29.3 Å². The lowest BCUT2D eigenvalue weighted by Crippen LogP contribution is -2.38. The monoisotopic (exact) mass is 279 g/mol. The molecule has 0 spiro atoms. The van der Waals surface area contributed by atoms with Gasteiger partial charge >= 0.3 is 0 Å². The van der Waals surface area contributed by atoms with Gasteiger partial charge in [-0.1, -0.05) is 12.1 Å². The summed E-state index contributed by atoms with van der Waals surface area (Å²) in [5, 5.41) is 2.88. The molecule has 1 amide bonds. The van der Waals surface area contributed by atoms with Crippen LogP contribution in [0, 0.1) is 0 Å². The van der Waals surface area contributed by atoms with Gasteiger partial charge in [0.15, 0.2) is 0 Å². The summed E-state index contributed by atoms with van der Waals surface area (Å²) in [6, 6.07) is 6.12. The molecule has 0 unspecified atom stereocenters.